The fraction of sp³-hybridized carbons (Fsp3) is 0.800. The number of nitrogen functional groups attached to an aromatic ring is 1. The third-order valence-corrected chi connectivity index (χ3v) is 2.64. The predicted octanol–water partition coefficient (Wildman–Crippen LogP) is 1.99. The highest BCUT2D eigenvalue weighted by Crippen LogP contribution is 2.21. The van der Waals surface area contributed by atoms with Crippen molar-refractivity contribution < 1.29 is 4.42 Å². The topological polar surface area (TPSA) is 77.0 Å². The largest absolute Gasteiger partial charge is 0.390 e. The summed E-state index contributed by atoms with van der Waals surface area (Å²) in [5.41, 5.74) is 5.32. The second-order valence-corrected chi connectivity index (χ2v) is 4.48. The Labute approximate surface area is 90.4 Å². The fourth-order valence-corrected chi connectivity index (χ4v) is 1.75. The van der Waals surface area contributed by atoms with Gasteiger partial charge in [-0.1, -0.05) is 37.9 Å². The van der Waals surface area contributed by atoms with Crippen LogP contribution in [-0.2, 0) is 0 Å². The van der Waals surface area contributed by atoms with Crippen LogP contribution in [0.1, 0.15) is 27.7 Å². The van der Waals surface area contributed by atoms with E-state index < -0.39 is 0 Å². The van der Waals surface area contributed by atoms with E-state index in [0.29, 0.717) is 23.8 Å². The predicted molar refractivity (Wildman–Crippen MR) is 60.4 cm³/mol. The Morgan fingerprint density at radius 3 is 2.20 bits per heavy atom. The maximum absolute atomic E-state index is 5.32. The van der Waals surface area contributed by atoms with Gasteiger partial charge in [0, 0.05) is 6.54 Å². The Balaban J connectivity index is 2.47. The summed E-state index contributed by atoms with van der Waals surface area (Å²) in [6, 6.07) is 0.502. The van der Waals surface area contributed by atoms with Crippen LogP contribution in [0, 0.1) is 17.8 Å². The lowest BCUT2D eigenvalue weighted by atomic mass is 9.85. The second kappa shape index (κ2) is 5.00. The lowest BCUT2D eigenvalue weighted by Crippen LogP contribution is -2.24. The minimum Gasteiger partial charge on any atom is -0.390 e. The number of rotatable bonds is 5. The van der Waals surface area contributed by atoms with Crippen LogP contribution in [0.25, 0.3) is 0 Å². The molecule has 0 bridgehead atoms. The molecule has 1 aromatic rings. The van der Waals surface area contributed by atoms with Crippen molar-refractivity contribution in [2.24, 2.45) is 17.8 Å². The summed E-state index contributed by atoms with van der Waals surface area (Å²) < 4.78 is 5.04. The monoisotopic (exact) mass is 212 g/mol. The zero-order valence-corrected chi connectivity index (χ0v) is 9.82. The minimum absolute atomic E-state index is 0.100. The highest BCUT2D eigenvalue weighted by Gasteiger charge is 2.17. The molecule has 0 radical (unpaired) electrons. The number of nitrogens with two attached hydrogens (primary N) is 1. The summed E-state index contributed by atoms with van der Waals surface area (Å²) in [5, 5.41) is 10.4. The van der Waals surface area contributed by atoms with Crippen molar-refractivity contribution in [3.63, 3.8) is 0 Å². The number of nitrogens with zero attached hydrogens (tertiary/aromatic N) is 2. The Kier molecular flexibility index (Phi) is 3.94. The normalized spacial score (nSPS) is 11.7. The van der Waals surface area contributed by atoms with E-state index in [4.69, 9.17) is 10.2 Å². The van der Waals surface area contributed by atoms with Crippen molar-refractivity contribution in [2.45, 2.75) is 27.7 Å². The van der Waals surface area contributed by atoms with Crippen LogP contribution in [0.4, 0.5) is 12.0 Å². The van der Waals surface area contributed by atoms with Crippen molar-refractivity contribution in [1.82, 2.24) is 10.2 Å². The molecule has 0 saturated carbocycles. The molecule has 86 valence electrons. The van der Waals surface area contributed by atoms with E-state index in [1.165, 1.54) is 0 Å². The molecule has 15 heavy (non-hydrogen) atoms. The van der Waals surface area contributed by atoms with Gasteiger partial charge < -0.3 is 15.5 Å². The Morgan fingerprint density at radius 2 is 1.80 bits per heavy atom. The maximum Gasteiger partial charge on any atom is 0.316 e. The van der Waals surface area contributed by atoms with Crippen molar-refractivity contribution >= 4 is 12.0 Å². The molecule has 5 heteroatoms. The molecular formula is C10H20N4O. The Morgan fingerprint density at radius 1 is 1.20 bits per heavy atom. The van der Waals surface area contributed by atoms with Gasteiger partial charge in [-0.05, 0) is 17.8 Å². The molecule has 5 nitrogen and oxygen atoms in total. The first-order valence-electron chi connectivity index (χ1n) is 5.33. The summed E-state index contributed by atoms with van der Waals surface area (Å²) in [4.78, 5) is 0. The molecule has 3 N–H and O–H groups in total. The second-order valence-electron chi connectivity index (χ2n) is 4.48. The molecule has 1 heterocycles. The zero-order valence-electron chi connectivity index (χ0n) is 9.82. The van der Waals surface area contributed by atoms with Crippen LogP contribution in [0.15, 0.2) is 4.42 Å². The molecule has 0 aliphatic rings. The van der Waals surface area contributed by atoms with E-state index in [1.54, 1.807) is 0 Å². The van der Waals surface area contributed by atoms with Gasteiger partial charge in [-0.3, -0.25) is 0 Å². The van der Waals surface area contributed by atoms with Gasteiger partial charge in [0.25, 0.3) is 0 Å². The van der Waals surface area contributed by atoms with Gasteiger partial charge in [0.1, 0.15) is 0 Å². The number of aromatic nitrogens is 2. The first-order valence-corrected chi connectivity index (χ1v) is 5.33. The van der Waals surface area contributed by atoms with Crippen molar-refractivity contribution in [3.05, 3.63) is 0 Å². The highest BCUT2D eigenvalue weighted by atomic mass is 16.4. The smallest absolute Gasteiger partial charge is 0.316 e. The van der Waals surface area contributed by atoms with Gasteiger partial charge in [-0.15, -0.1) is 0 Å². The summed E-state index contributed by atoms with van der Waals surface area (Å²) in [6.07, 6.45) is 0. The van der Waals surface area contributed by atoms with Crippen LogP contribution in [0.5, 0.6) is 0 Å². The van der Waals surface area contributed by atoms with E-state index in [2.05, 4.69) is 43.2 Å². The number of hydrogen-bond acceptors (Lipinski definition) is 5. The molecule has 0 unspecified atom stereocenters. The van der Waals surface area contributed by atoms with E-state index in [1.807, 2.05) is 0 Å². The highest BCUT2D eigenvalue weighted by molar-refractivity contribution is 5.22. The SMILES string of the molecule is CC(C)C(CNc1nnc(N)o1)C(C)C. The van der Waals surface area contributed by atoms with Crippen LogP contribution < -0.4 is 11.1 Å². The molecule has 1 rings (SSSR count). The lowest BCUT2D eigenvalue weighted by molar-refractivity contribution is 0.302. The molecule has 0 aliphatic heterocycles. The van der Waals surface area contributed by atoms with Gasteiger partial charge in [-0.2, -0.15) is 0 Å². The molecule has 0 spiro atoms. The van der Waals surface area contributed by atoms with Gasteiger partial charge in [0.2, 0.25) is 0 Å². The van der Waals surface area contributed by atoms with E-state index in [9.17, 15) is 0 Å². The van der Waals surface area contributed by atoms with Crippen LogP contribution in [0.3, 0.4) is 0 Å². The number of nitrogens with one attached hydrogen (secondary N) is 1. The molecule has 0 amide bonds. The maximum atomic E-state index is 5.32. The van der Waals surface area contributed by atoms with Crippen molar-refractivity contribution in [2.75, 3.05) is 17.6 Å². The summed E-state index contributed by atoms with van der Waals surface area (Å²) >= 11 is 0. The number of anilines is 2. The number of hydrogen-bond donors (Lipinski definition) is 2. The lowest BCUT2D eigenvalue weighted by Gasteiger charge is -2.24. The molecule has 0 aromatic carbocycles. The molecular weight excluding hydrogens is 192 g/mol. The summed E-state index contributed by atoms with van der Waals surface area (Å²) in [5.74, 6) is 1.83. The van der Waals surface area contributed by atoms with Crippen molar-refractivity contribution in [3.8, 4) is 0 Å². The Bertz CT molecular complexity index is 287. The van der Waals surface area contributed by atoms with Gasteiger partial charge >= 0.3 is 12.0 Å². The quantitative estimate of drug-likeness (QED) is 0.780. The van der Waals surface area contributed by atoms with Crippen molar-refractivity contribution in [1.29, 1.82) is 0 Å². The molecule has 0 fully saturated rings. The Hall–Kier alpha value is -1.26. The average molecular weight is 212 g/mol. The van der Waals surface area contributed by atoms with Crippen LogP contribution in [-0.4, -0.2) is 16.7 Å². The minimum atomic E-state index is 0.100. The molecule has 0 atom stereocenters. The fourth-order valence-electron chi connectivity index (χ4n) is 1.75. The van der Waals surface area contributed by atoms with E-state index >= 15 is 0 Å². The van der Waals surface area contributed by atoms with Gasteiger partial charge in [0.15, 0.2) is 0 Å². The van der Waals surface area contributed by atoms with Gasteiger partial charge in [-0.25, -0.2) is 0 Å². The molecule has 0 aliphatic carbocycles. The standard InChI is InChI=1S/C10H20N4O/c1-6(2)8(7(3)4)5-12-10-14-13-9(11)15-10/h6-8H,5H2,1-4H3,(H2,11,13)(H,12,14). The third kappa shape index (κ3) is 3.42. The van der Waals surface area contributed by atoms with E-state index in [-0.39, 0.29) is 6.01 Å². The van der Waals surface area contributed by atoms with Crippen LogP contribution >= 0.6 is 0 Å². The molecule has 1 aromatic heterocycles. The van der Waals surface area contributed by atoms with Crippen LogP contribution in [0.2, 0.25) is 0 Å². The summed E-state index contributed by atoms with van der Waals surface area (Å²) in [7, 11) is 0. The zero-order chi connectivity index (χ0) is 11.4. The molecule has 0 saturated heterocycles. The third-order valence-electron chi connectivity index (χ3n) is 2.64. The first kappa shape index (κ1) is 11.8. The first-order chi connectivity index (χ1) is 7.00. The van der Waals surface area contributed by atoms with Gasteiger partial charge in [0.05, 0.1) is 0 Å². The van der Waals surface area contributed by atoms with E-state index in [0.717, 1.165) is 6.54 Å². The average Bonchev–Trinajstić information content (AvgIpc) is 2.50. The summed E-state index contributed by atoms with van der Waals surface area (Å²) in [6.45, 7) is 9.70.